The van der Waals surface area contributed by atoms with E-state index in [4.69, 9.17) is 10.5 Å². The van der Waals surface area contributed by atoms with Crippen molar-refractivity contribution in [1.29, 1.82) is 0 Å². The molecule has 2 N–H and O–H groups in total. The number of rotatable bonds is 10. The van der Waals surface area contributed by atoms with Crippen molar-refractivity contribution in [2.45, 2.75) is 40.0 Å². The molecule has 3 heteroatoms. The number of nitrogens with zero attached hydrogens (tertiary/aromatic N) is 1. The molecule has 0 fully saturated rings. The fourth-order valence-corrected chi connectivity index (χ4v) is 2.37. The third kappa shape index (κ3) is 6.29. The second kappa shape index (κ2) is 9.65. The maximum Gasteiger partial charge on any atom is 0.121 e. The predicted molar refractivity (Wildman–Crippen MR) is 87.2 cm³/mol. The first-order valence-electron chi connectivity index (χ1n) is 7.90. The average Bonchev–Trinajstić information content (AvgIpc) is 2.47. The first-order valence-corrected chi connectivity index (χ1v) is 7.90. The van der Waals surface area contributed by atoms with Crippen molar-refractivity contribution in [2.75, 3.05) is 32.0 Å². The second-order valence-corrected chi connectivity index (χ2v) is 5.35. The van der Waals surface area contributed by atoms with Crippen LogP contribution in [0.15, 0.2) is 24.3 Å². The van der Waals surface area contributed by atoms with Gasteiger partial charge in [-0.05, 0) is 31.0 Å². The standard InChI is InChI=1S/C17H30N2O/c1-4-15(5-2)14-19(6-3)11-8-12-20-17-10-7-9-16(18)13-17/h7,9-10,13,15H,4-6,8,11-12,14,18H2,1-3H3. The quantitative estimate of drug-likeness (QED) is 0.522. The number of hydrogen-bond donors (Lipinski definition) is 1. The zero-order valence-electron chi connectivity index (χ0n) is 13.3. The lowest BCUT2D eigenvalue weighted by atomic mass is 10.0. The Hall–Kier alpha value is -1.22. The molecule has 0 amide bonds. The molecule has 0 spiro atoms. The summed E-state index contributed by atoms with van der Waals surface area (Å²) in [4.78, 5) is 2.53. The van der Waals surface area contributed by atoms with E-state index in [9.17, 15) is 0 Å². The fraction of sp³-hybridized carbons (Fsp3) is 0.647. The summed E-state index contributed by atoms with van der Waals surface area (Å²) in [7, 11) is 0. The van der Waals surface area contributed by atoms with E-state index in [1.807, 2.05) is 24.3 Å². The van der Waals surface area contributed by atoms with Gasteiger partial charge >= 0.3 is 0 Å². The molecule has 0 heterocycles. The lowest BCUT2D eigenvalue weighted by Gasteiger charge is -2.25. The van der Waals surface area contributed by atoms with Gasteiger partial charge in [0.1, 0.15) is 5.75 Å². The van der Waals surface area contributed by atoms with Crippen LogP contribution in [0, 0.1) is 5.92 Å². The van der Waals surface area contributed by atoms with Crippen molar-refractivity contribution >= 4 is 5.69 Å². The fourth-order valence-electron chi connectivity index (χ4n) is 2.37. The van der Waals surface area contributed by atoms with Gasteiger partial charge in [0.05, 0.1) is 6.61 Å². The molecule has 0 aromatic heterocycles. The summed E-state index contributed by atoms with van der Waals surface area (Å²) < 4.78 is 5.73. The number of anilines is 1. The number of hydrogen-bond acceptors (Lipinski definition) is 3. The van der Waals surface area contributed by atoms with Crippen molar-refractivity contribution in [3.63, 3.8) is 0 Å². The van der Waals surface area contributed by atoms with Crippen LogP contribution in [0.5, 0.6) is 5.75 Å². The molecule has 1 aromatic rings. The van der Waals surface area contributed by atoms with Crippen LogP contribution in [0.3, 0.4) is 0 Å². The van der Waals surface area contributed by atoms with Crippen LogP contribution in [0.25, 0.3) is 0 Å². The van der Waals surface area contributed by atoms with Crippen LogP contribution in [-0.4, -0.2) is 31.1 Å². The zero-order chi connectivity index (χ0) is 14.8. The van der Waals surface area contributed by atoms with Crippen molar-refractivity contribution in [2.24, 2.45) is 5.92 Å². The summed E-state index contributed by atoms with van der Waals surface area (Å²) in [6, 6.07) is 7.64. The molecule has 0 radical (unpaired) electrons. The van der Waals surface area contributed by atoms with Gasteiger partial charge in [-0.2, -0.15) is 0 Å². The summed E-state index contributed by atoms with van der Waals surface area (Å²) in [6.07, 6.45) is 3.60. The van der Waals surface area contributed by atoms with Gasteiger partial charge in [0.2, 0.25) is 0 Å². The van der Waals surface area contributed by atoms with Crippen molar-refractivity contribution in [3.8, 4) is 5.75 Å². The highest BCUT2D eigenvalue weighted by molar-refractivity contribution is 5.43. The van der Waals surface area contributed by atoms with E-state index in [2.05, 4.69) is 25.7 Å². The Kier molecular flexibility index (Phi) is 8.12. The maximum atomic E-state index is 5.73. The van der Waals surface area contributed by atoms with Gasteiger partial charge in [-0.1, -0.05) is 39.7 Å². The Bertz CT molecular complexity index is 364. The van der Waals surface area contributed by atoms with Crippen LogP contribution in [0.2, 0.25) is 0 Å². The minimum absolute atomic E-state index is 0.753. The van der Waals surface area contributed by atoms with Gasteiger partial charge < -0.3 is 15.4 Å². The monoisotopic (exact) mass is 278 g/mol. The van der Waals surface area contributed by atoms with E-state index >= 15 is 0 Å². The number of ether oxygens (including phenoxy) is 1. The van der Waals surface area contributed by atoms with Gasteiger partial charge in [-0.25, -0.2) is 0 Å². The molecule has 1 aromatic carbocycles. The first-order chi connectivity index (χ1) is 9.69. The summed E-state index contributed by atoms with van der Waals surface area (Å²) in [5.74, 6) is 1.69. The van der Waals surface area contributed by atoms with Gasteiger partial charge in [0.25, 0.3) is 0 Å². The second-order valence-electron chi connectivity index (χ2n) is 5.35. The molecule has 0 aliphatic heterocycles. The van der Waals surface area contributed by atoms with Crippen molar-refractivity contribution in [1.82, 2.24) is 4.90 Å². The molecule has 0 bridgehead atoms. The Morgan fingerprint density at radius 3 is 2.55 bits per heavy atom. The Morgan fingerprint density at radius 1 is 1.20 bits per heavy atom. The molecular weight excluding hydrogens is 248 g/mol. The van der Waals surface area contributed by atoms with Crippen molar-refractivity contribution in [3.05, 3.63) is 24.3 Å². The molecule has 0 aliphatic rings. The van der Waals surface area contributed by atoms with E-state index in [0.29, 0.717) is 0 Å². The number of nitrogens with two attached hydrogens (primary N) is 1. The maximum absolute atomic E-state index is 5.73. The molecule has 0 saturated heterocycles. The summed E-state index contributed by atoms with van der Waals surface area (Å²) in [5, 5.41) is 0. The smallest absolute Gasteiger partial charge is 0.121 e. The van der Waals surface area contributed by atoms with Gasteiger partial charge in [0, 0.05) is 24.8 Å². The molecule has 3 nitrogen and oxygen atoms in total. The van der Waals surface area contributed by atoms with Crippen LogP contribution in [0.1, 0.15) is 40.0 Å². The van der Waals surface area contributed by atoms with Gasteiger partial charge in [-0.3, -0.25) is 0 Å². The van der Waals surface area contributed by atoms with E-state index in [1.165, 1.54) is 19.4 Å². The van der Waals surface area contributed by atoms with Crippen LogP contribution < -0.4 is 10.5 Å². The zero-order valence-corrected chi connectivity index (χ0v) is 13.3. The van der Waals surface area contributed by atoms with E-state index in [-0.39, 0.29) is 0 Å². The predicted octanol–water partition coefficient (Wildman–Crippen LogP) is 3.80. The minimum Gasteiger partial charge on any atom is -0.493 e. The molecule has 0 unspecified atom stereocenters. The van der Waals surface area contributed by atoms with Crippen molar-refractivity contribution < 1.29 is 4.74 Å². The average molecular weight is 278 g/mol. The van der Waals surface area contributed by atoms with E-state index in [0.717, 1.165) is 43.5 Å². The van der Waals surface area contributed by atoms with Gasteiger partial charge in [-0.15, -0.1) is 0 Å². The van der Waals surface area contributed by atoms with Crippen LogP contribution >= 0.6 is 0 Å². The Balaban J connectivity index is 2.24. The number of nitrogen functional groups attached to an aromatic ring is 1. The lowest BCUT2D eigenvalue weighted by molar-refractivity contribution is 0.209. The normalized spacial score (nSPS) is 11.2. The van der Waals surface area contributed by atoms with Crippen LogP contribution in [-0.2, 0) is 0 Å². The third-order valence-electron chi connectivity index (χ3n) is 3.86. The van der Waals surface area contributed by atoms with Crippen LogP contribution in [0.4, 0.5) is 5.69 Å². The Labute approximate surface area is 124 Å². The molecule has 20 heavy (non-hydrogen) atoms. The largest absolute Gasteiger partial charge is 0.493 e. The highest BCUT2D eigenvalue weighted by Crippen LogP contribution is 2.15. The topological polar surface area (TPSA) is 38.5 Å². The number of benzene rings is 1. The molecule has 1 rings (SSSR count). The van der Waals surface area contributed by atoms with Gasteiger partial charge in [0.15, 0.2) is 0 Å². The highest BCUT2D eigenvalue weighted by Gasteiger charge is 2.09. The minimum atomic E-state index is 0.753. The lowest BCUT2D eigenvalue weighted by Crippen LogP contribution is -2.30. The Morgan fingerprint density at radius 2 is 1.95 bits per heavy atom. The molecular formula is C17H30N2O. The molecule has 114 valence electrons. The van der Waals surface area contributed by atoms with E-state index in [1.54, 1.807) is 0 Å². The molecule has 0 saturated carbocycles. The summed E-state index contributed by atoms with van der Waals surface area (Å²) in [6.45, 7) is 11.0. The molecule has 0 atom stereocenters. The SMILES string of the molecule is CCC(CC)CN(CC)CCCOc1cccc(N)c1. The summed E-state index contributed by atoms with van der Waals surface area (Å²) >= 11 is 0. The highest BCUT2D eigenvalue weighted by atomic mass is 16.5. The summed E-state index contributed by atoms with van der Waals surface area (Å²) in [5.41, 5.74) is 6.49. The van der Waals surface area contributed by atoms with E-state index < -0.39 is 0 Å². The third-order valence-corrected chi connectivity index (χ3v) is 3.86. The molecule has 0 aliphatic carbocycles. The first kappa shape index (κ1) is 16.8.